The molecule has 1 saturated carbocycles. The van der Waals surface area contributed by atoms with Crippen LogP contribution < -0.4 is 5.32 Å². The monoisotopic (exact) mass is 227 g/mol. The van der Waals surface area contributed by atoms with E-state index in [2.05, 4.69) is 26.1 Å². The van der Waals surface area contributed by atoms with Crippen LogP contribution >= 0.6 is 0 Å². The third-order valence-corrected chi connectivity index (χ3v) is 3.54. The van der Waals surface area contributed by atoms with Gasteiger partial charge in [-0.05, 0) is 52.0 Å². The van der Waals surface area contributed by atoms with Gasteiger partial charge < -0.3 is 10.1 Å². The summed E-state index contributed by atoms with van der Waals surface area (Å²) in [5.41, 5.74) is 0. The zero-order chi connectivity index (χ0) is 11.8. The van der Waals surface area contributed by atoms with E-state index in [4.69, 9.17) is 4.74 Å². The van der Waals surface area contributed by atoms with Crippen molar-refractivity contribution >= 4 is 0 Å². The highest BCUT2D eigenvalue weighted by atomic mass is 16.5. The van der Waals surface area contributed by atoms with Crippen molar-refractivity contribution in [1.29, 1.82) is 0 Å². The van der Waals surface area contributed by atoms with Gasteiger partial charge in [0.15, 0.2) is 0 Å². The van der Waals surface area contributed by atoms with Gasteiger partial charge in [-0.15, -0.1) is 0 Å². The average Bonchev–Trinajstić information content (AvgIpc) is 2.25. The molecule has 1 fully saturated rings. The molecule has 0 heterocycles. The van der Waals surface area contributed by atoms with Crippen LogP contribution in [-0.4, -0.2) is 25.3 Å². The summed E-state index contributed by atoms with van der Waals surface area (Å²) in [7, 11) is 0. The number of hydrogen-bond acceptors (Lipinski definition) is 2. The predicted molar refractivity (Wildman–Crippen MR) is 69.7 cm³/mol. The first kappa shape index (κ1) is 14.0. The van der Waals surface area contributed by atoms with Crippen molar-refractivity contribution in [3.63, 3.8) is 0 Å². The van der Waals surface area contributed by atoms with Crippen LogP contribution in [0.1, 0.15) is 59.3 Å². The highest BCUT2D eigenvalue weighted by molar-refractivity contribution is 4.77. The second-order valence-electron chi connectivity index (χ2n) is 5.45. The molecule has 2 heteroatoms. The largest absolute Gasteiger partial charge is 0.379 e. The van der Waals surface area contributed by atoms with Gasteiger partial charge in [0.1, 0.15) is 0 Å². The summed E-state index contributed by atoms with van der Waals surface area (Å²) in [4.78, 5) is 0. The van der Waals surface area contributed by atoms with Crippen molar-refractivity contribution in [1.82, 2.24) is 5.32 Å². The fourth-order valence-corrected chi connectivity index (χ4v) is 2.45. The Hall–Kier alpha value is -0.0800. The fourth-order valence-electron chi connectivity index (χ4n) is 2.45. The smallest absolute Gasteiger partial charge is 0.0518 e. The van der Waals surface area contributed by atoms with Crippen LogP contribution in [0.5, 0.6) is 0 Å². The van der Waals surface area contributed by atoms with Gasteiger partial charge in [0.2, 0.25) is 0 Å². The normalized spacial score (nSPS) is 26.2. The number of hydrogen-bond donors (Lipinski definition) is 1. The third kappa shape index (κ3) is 5.86. The van der Waals surface area contributed by atoms with Gasteiger partial charge in [0.05, 0.1) is 6.10 Å². The van der Waals surface area contributed by atoms with E-state index in [0.29, 0.717) is 6.10 Å². The maximum Gasteiger partial charge on any atom is 0.0518 e. The average molecular weight is 227 g/mol. The predicted octanol–water partition coefficient (Wildman–Crippen LogP) is 3.36. The van der Waals surface area contributed by atoms with E-state index < -0.39 is 0 Å². The van der Waals surface area contributed by atoms with Crippen molar-refractivity contribution in [2.45, 2.75) is 71.4 Å². The molecule has 2 nitrogen and oxygen atoms in total. The van der Waals surface area contributed by atoms with Crippen molar-refractivity contribution < 1.29 is 4.74 Å². The molecule has 0 spiro atoms. The van der Waals surface area contributed by atoms with Gasteiger partial charge in [0.25, 0.3) is 0 Å². The molecular formula is C14H29NO. The van der Waals surface area contributed by atoms with Gasteiger partial charge in [-0.2, -0.15) is 0 Å². The molecule has 2 atom stereocenters. The molecule has 0 radical (unpaired) electrons. The first-order valence-corrected chi connectivity index (χ1v) is 7.05. The molecular weight excluding hydrogens is 198 g/mol. The van der Waals surface area contributed by atoms with E-state index in [1.165, 1.54) is 38.5 Å². The lowest BCUT2D eigenvalue weighted by atomic mass is 9.86. The Morgan fingerprint density at radius 1 is 1.19 bits per heavy atom. The zero-order valence-electron chi connectivity index (χ0n) is 11.3. The standard InChI is InChI=1S/C14H29NO/c1-12(2)16-11-7-6-10-15-14-9-5-4-8-13(14)3/h12-15H,4-11H2,1-3H3. The van der Waals surface area contributed by atoms with Crippen molar-refractivity contribution in [2.24, 2.45) is 5.92 Å². The summed E-state index contributed by atoms with van der Waals surface area (Å²) in [5.74, 6) is 0.876. The number of nitrogens with one attached hydrogen (secondary N) is 1. The zero-order valence-corrected chi connectivity index (χ0v) is 11.3. The van der Waals surface area contributed by atoms with E-state index in [9.17, 15) is 0 Å². The van der Waals surface area contributed by atoms with E-state index in [1.807, 2.05) is 0 Å². The Balaban J connectivity index is 1.94. The van der Waals surface area contributed by atoms with Crippen LogP contribution in [0, 0.1) is 5.92 Å². The lowest BCUT2D eigenvalue weighted by Gasteiger charge is -2.29. The second-order valence-corrected chi connectivity index (χ2v) is 5.45. The summed E-state index contributed by atoms with van der Waals surface area (Å²) in [6.45, 7) is 8.67. The lowest BCUT2D eigenvalue weighted by Crippen LogP contribution is -2.37. The Labute approximate surface area is 101 Å². The van der Waals surface area contributed by atoms with E-state index in [0.717, 1.165) is 25.1 Å². The minimum Gasteiger partial charge on any atom is -0.379 e. The minimum absolute atomic E-state index is 0.381. The van der Waals surface area contributed by atoms with Crippen LogP contribution in [0.25, 0.3) is 0 Å². The van der Waals surface area contributed by atoms with Crippen LogP contribution in [0.3, 0.4) is 0 Å². The molecule has 0 aromatic rings. The van der Waals surface area contributed by atoms with Crippen LogP contribution in [0.4, 0.5) is 0 Å². The van der Waals surface area contributed by atoms with Crippen molar-refractivity contribution in [3.05, 3.63) is 0 Å². The third-order valence-electron chi connectivity index (χ3n) is 3.54. The molecule has 0 amide bonds. The Morgan fingerprint density at radius 3 is 2.62 bits per heavy atom. The van der Waals surface area contributed by atoms with Gasteiger partial charge >= 0.3 is 0 Å². The van der Waals surface area contributed by atoms with E-state index in [1.54, 1.807) is 0 Å². The van der Waals surface area contributed by atoms with Gasteiger partial charge in [-0.25, -0.2) is 0 Å². The van der Waals surface area contributed by atoms with Gasteiger partial charge in [0, 0.05) is 12.6 Å². The highest BCUT2D eigenvalue weighted by Gasteiger charge is 2.19. The number of ether oxygens (including phenoxy) is 1. The molecule has 0 aromatic heterocycles. The maximum atomic E-state index is 5.53. The SMILES string of the molecule is CC(C)OCCCCNC1CCCCC1C. The molecule has 1 aliphatic rings. The Bertz CT molecular complexity index is 170. The summed E-state index contributed by atoms with van der Waals surface area (Å²) in [5, 5.41) is 3.70. The van der Waals surface area contributed by atoms with Crippen molar-refractivity contribution in [2.75, 3.05) is 13.2 Å². The first-order chi connectivity index (χ1) is 7.70. The van der Waals surface area contributed by atoms with Crippen molar-refractivity contribution in [3.8, 4) is 0 Å². The van der Waals surface area contributed by atoms with E-state index >= 15 is 0 Å². The van der Waals surface area contributed by atoms with E-state index in [-0.39, 0.29) is 0 Å². The first-order valence-electron chi connectivity index (χ1n) is 7.05. The summed E-state index contributed by atoms with van der Waals surface area (Å²) < 4.78 is 5.53. The molecule has 1 aliphatic carbocycles. The molecule has 0 bridgehead atoms. The quantitative estimate of drug-likeness (QED) is 0.673. The molecule has 0 aromatic carbocycles. The molecule has 16 heavy (non-hydrogen) atoms. The fraction of sp³-hybridized carbons (Fsp3) is 1.00. The van der Waals surface area contributed by atoms with Gasteiger partial charge in [-0.1, -0.05) is 19.8 Å². The minimum atomic E-state index is 0.381. The summed E-state index contributed by atoms with van der Waals surface area (Å²) >= 11 is 0. The lowest BCUT2D eigenvalue weighted by molar-refractivity contribution is 0.0757. The Kier molecular flexibility index (Phi) is 7.06. The number of unbranched alkanes of at least 4 members (excludes halogenated alkanes) is 1. The Morgan fingerprint density at radius 2 is 1.94 bits per heavy atom. The van der Waals surface area contributed by atoms with Crippen LogP contribution in [0.2, 0.25) is 0 Å². The van der Waals surface area contributed by atoms with Crippen LogP contribution in [-0.2, 0) is 4.74 Å². The van der Waals surface area contributed by atoms with Crippen LogP contribution in [0.15, 0.2) is 0 Å². The molecule has 96 valence electrons. The highest BCUT2D eigenvalue weighted by Crippen LogP contribution is 2.23. The van der Waals surface area contributed by atoms with Gasteiger partial charge in [-0.3, -0.25) is 0 Å². The second kappa shape index (κ2) is 8.08. The molecule has 0 saturated heterocycles. The topological polar surface area (TPSA) is 21.3 Å². The maximum absolute atomic E-state index is 5.53. The molecule has 1 rings (SSSR count). The summed E-state index contributed by atoms with van der Waals surface area (Å²) in [6.07, 6.45) is 8.45. The molecule has 0 aliphatic heterocycles. The molecule has 1 N–H and O–H groups in total. The molecule has 2 unspecified atom stereocenters. The summed E-state index contributed by atoms with van der Waals surface area (Å²) in [6, 6.07) is 0.778. The number of rotatable bonds is 7.